The van der Waals surface area contributed by atoms with Crippen LogP contribution in [0.15, 0.2) is 36.7 Å². The molecule has 1 fully saturated rings. The Kier molecular flexibility index (Phi) is 4.27. The number of hydrogen-bond donors (Lipinski definition) is 0. The van der Waals surface area contributed by atoms with Crippen LogP contribution in [0.5, 0.6) is 0 Å². The average Bonchev–Trinajstić information content (AvgIpc) is 3.15. The molecule has 0 unspecified atom stereocenters. The molecule has 27 heavy (non-hydrogen) atoms. The summed E-state index contributed by atoms with van der Waals surface area (Å²) in [6.45, 7) is 1.72. The molecule has 1 saturated heterocycles. The summed E-state index contributed by atoms with van der Waals surface area (Å²) < 4.78 is 45.7. The highest BCUT2D eigenvalue weighted by Crippen LogP contribution is 2.33. The van der Waals surface area contributed by atoms with Crippen LogP contribution in [0.1, 0.15) is 16.1 Å². The fraction of sp³-hybridized carbons (Fsp3) is 0.294. The normalized spacial score (nSPS) is 15.3. The van der Waals surface area contributed by atoms with Gasteiger partial charge in [0.1, 0.15) is 12.0 Å². The number of carbonyl (C=O) groups is 1. The van der Waals surface area contributed by atoms with Crippen molar-refractivity contribution < 1.29 is 22.7 Å². The van der Waals surface area contributed by atoms with Gasteiger partial charge in [0.25, 0.3) is 5.91 Å². The van der Waals surface area contributed by atoms with Gasteiger partial charge in [0.05, 0.1) is 18.8 Å². The summed E-state index contributed by atoms with van der Waals surface area (Å²) in [7, 11) is 0. The number of morpholine rings is 1. The standard InChI is InChI=1S/C17H14F3N5O2/c18-17(19,20)12-3-1-2-11(8-12)13-9-14(23-25-10-21-22-15(13)25)16(26)24-4-6-27-7-5-24/h1-3,8-10H,4-7H2. The van der Waals surface area contributed by atoms with Crippen molar-refractivity contribution in [1.82, 2.24) is 24.7 Å². The Balaban J connectivity index is 1.81. The second-order valence-electron chi connectivity index (χ2n) is 6.03. The van der Waals surface area contributed by atoms with Gasteiger partial charge in [0.15, 0.2) is 5.65 Å². The van der Waals surface area contributed by atoms with Crippen LogP contribution < -0.4 is 0 Å². The minimum absolute atomic E-state index is 0.108. The van der Waals surface area contributed by atoms with Crippen molar-refractivity contribution in [1.29, 1.82) is 0 Å². The number of halogens is 3. The molecule has 10 heteroatoms. The maximum absolute atomic E-state index is 13.1. The molecule has 4 rings (SSSR count). The maximum Gasteiger partial charge on any atom is 0.416 e. The molecule has 0 saturated carbocycles. The second-order valence-corrected chi connectivity index (χ2v) is 6.03. The highest BCUT2D eigenvalue weighted by molar-refractivity contribution is 5.94. The van der Waals surface area contributed by atoms with Gasteiger partial charge < -0.3 is 9.64 Å². The molecular formula is C17H14F3N5O2. The van der Waals surface area contributed by atoms with Crippen molar-refractivity contribution in [3.05, 3.63) is 47.9 Å². The third-order valence-electron chi connectivity index (χ3n) is 4.29. The number of rotatable bonds is 2. The van der Waals surface area contributed by atoms with Crippen molar-refractivity contribution in [2.75, 3.05) is 26.3 Å². The van der Waals surface area contributed by atoms with E-state index in [0.29, 0.717) is 31.9 Å². The fourth-order valence-corrected chi connectivity index (χ4v) is 2.94. The SMILES string of the molecule is O=C(c1cc(-c2cccc(C(F)(F)F)c2)c2nncn2n1)N1CCOCC1. The lowest BCUT2D eigenvalue weighted by Gasteiger charge is -2.26. The van der Waals surface area contributed by atoms with Crippen LogP contribution in [-0.4, -0.2) is 56.9 Å². The molecule has 1 aromatic carbocycles. The van der Waals surface area contributed by atoms with Crippen LogP contribution in [0, 0.1) is 0 Å². The smallest absolute Gasteiger partial charge is 0.378 e. The molecule has 0 aliphatic carbocycles. The second kappa shape index (κ2) is 6.62. The number of amides is 1. The first-order valence-electron chi connectivity index (χ1n) is 8.19. The number of aromatic nitrogens is 4. The van der Waals surface area contributed by atoms with Crippen LogP contribution in [0.2, 0.25) is 0 Å². The van der Waals surface area contributed by atoms with E-state index in [2.05, 4.69) is 15.3 Å². The van der Waals surface area contributed by atoms with Crippen molar-refractivity contribution in [2.45, 2.75) is 6.18 Å². The minimum atomic E-state index is -4.47. The molecule has 3 aromatic rings. The Morgan fingerprint density at radius 1 is 1.15 bits per heavy atom. The Bertz CT molecular complexity index is 996. The van der Waals surface area contributed by atoms with Crippen LogP contribution >= 0.6 is 0 Å². The van der Waals surface area contributed by atoms with Crippen LogP contribution in [-0.2, 0) is 10.9 Å². The third kappa shape index (κ3) is 3.35. The first-order valence-corrected chi connectivity index (χ1v) is 8.19. The van der Waals surface area contributed by atoms with Gasteiger partial charge in [-0.15, -0.1) is 10.2 Å². The highest BCUT2D eigenvalue weighted by Gasteiger charge is 2.31. The van der Waals surface area contributed by atoms with Crippen molar-refractivity contribution in [3.63, 3.8) is 0 Å². The number of benzene rings is 1. The number of ether oxygens (including phenoxy) is 1. The highest BCUT2D eigenvalue weighted by atomic mass is 19.4. The molecule has 7 nitrogen and oxygen atoms in total. The Hall–Kier alpha value is -3.01. The lowest BCUT2D eigenvalue weighted by atomic mass is 10.0. The maximum atomic E-state index is 13.1. The summed E-state index contributed by atoms with van der Waals surface area (Å²) in [6, 6.07) is 6.31. The number of carbonyl (C=O) groups excluding carboxylic acids is 1. The van der Waals surface area contributed by atoms with Gasteiger partial charge in [-0.2, -0.15) is 22.8 Å². The van der Waals surface area contributed by atoms with Gasteiger partial charge >= 0.3 is 6.18 Å². The summed E-state index contributed by atoms with van der Waals surface area (Å²) in [5, 5.41) is 11.9. The van der Waals surface area contributed by atoms with Gasteiger partial charge in [0.2, 0.25) is 0 Å². The minimum Gasteiger partial charge on any atom is -0.378 e. The molecule has 1 aliphatic rings. The molecule has 140 valence electrons. The zero-order chi connectivity index (χ0) is 19.0. The summed E-state index contributed by atoms with van der Waals surface area (Å²) in [5.41, 5.74) is 0.228. The Morgan fingerprint density at radius 2 is 1.93 bits per heavy atom. The molecule has 0 atom stereocenters. The summed E-state index contributed by atoms with van der Waals surface area (Å²) in [6.07, 6.45) is -3.16. The molecular weight excluding hydrogens is 363 g/mol. The van der Waals surface area contributed by atoms with Crippen molar-refractivity contribution in [3.8, 4) is 11.1 Å². The first kappa shape index (κ1) is 17.4. The molecule has 2 aromatic heterocycles. The molecule has 0 spiro atoms. The monoisotopic (exact) mass is 377 g/mol. The molecule has 0 bridgehead atoms. The molecule has 1 amide bonds. The quantitative estimate of drug-likeness (QED) is 0.685. The summed E-state index contributed by atoms with van der Waals surface area (Å²) >= 11 is 0. The molecule has 3 heterocycles. The zero-order valence-corrected chi connectivity index (χ0v) is 14.0. The topological polar surface area (TPSA) is 72.6 Å². The van der Waals surface area contributed by atoms with E-state index in [0.717, 1.165) is 12.1 Å². The largest absolute Gasteiger partial charge is 0.416 e. The van der Waals surface area contributed by atoms with E-state index in [1.165, 1.54) is 29.0 Å². The zero-order valence-electron chi connectivity index (χ0n) is 14.0. The third-order valence-corrected chi connectivity index (χ3v) is 4.29. The van der Waals surface area contributed by atoms with E-state index < -0.39 is 11.7 Å². The van der Waals surface area contributed by atoms with Gasteiger partial charge in [-0.3, -0.25) is 4.79 Å². The van der Waals surface area contributed by atoms with E-state index in [1.54, 1.807) is 4.90 Å². The van der Waals surface area contributed by atoms with Crippen LogP contribution in [0.25, 0.3) is 16.8 Å². The van der Waals surface area contributed by atoms with E-state index in [4.69, 9.17) is 4.74 Å². The molecule has 1 aliphatic heterocycles. The first-order chi connectivity index (χ1) is 12.9. The predicted octanol–water partition coefficient (Wildman–Crippen LogP) is 2.28. The van der Waals surface area contributed by atoms with Crippen molar-refractivity contribution in [2.24, 2.45) is 0 Å². The number of fused-ring (bicyclic) bond motifs is 1. The molecule has 0 N–H and O–H groups in total. The number of alkyl halides is 3. The molecule has 0 radical (unpaired) electrons. The van der Waals surface area contributed by atoms with Gasteiger partial charge in [-0.25, -0.2) is 0 Å². The van der Waals surface area contributed by atoms with Crippen molar-refractivity contribution >= 4 is 11.6 Å². The summed E-state index contributed by atoms with van der Waals surface area (Å²) in [5.74, 6) is -0.317. The Labute approximate surface area is 151 Å². The Morgan fingerprint density at radius 3 is 2.67 bits per heavy atom. The van der Waals surface area contributed by atoms with E-state index in [1.807, 2.05) is 0 Å². The van der Waals surface area contributed by atoms with E-state index in [-0.39, 0.29) is 22.8 Å². The van der Waals surface area contributed by atoms with Gasteiger partial charge in [0, 0.05) is 18.7 Å². The lowest BCUT2D eigenvalue weighted by Crippen LogP contribution is -2.41. The van der Waals surface area contributed by atoms with Gasteiger partial charge in [-0.05, 0) is 23.8 Å². The van der Waals surface area contributed by atoms with E-state index >= 15 is 0 Å². The van der Waals surface area contributed by atoms with Gasteiger partial charge in [-0.1, -0.05) is 12.1 Å². The summed E-state index contributed by atoms with van der Waals surface area (Å²) in [4.78, 5) is 14.3. The number of hydrogen-bond acceptors (Lipinski definition) is 5. The van der Waals surface area contributed by atoms with Crippen LogP contribution in [0.4, 0.5) is 13.2 Å². The van der Waals surface area contributed by atoms with E-state index in [9.17, 15) is 18.0 Å². The number of nitrogens with zero attached hydrogens (tertiary/aromatic N) is 5. The fourth-order valence-electron chi connectivity index (χ4n) is 2.94. The predicted molar refractivity (Wildman–Crippen MR) is 87.9 cm³/mol. The lowest BCUT2D eigenvalue weighted by molar-refractivity contribution is -0.137. The average molecular weight is 377 g/mol. The van der Waals surface area contributed by atoms with Crippen LogP contribution in [0.3, 0.4) is 0 Å².